The quantitative estimate of drug-likeness (QED) is 0.352. The van der Waals surface area contributed by atoms with Crippen LogP contribution in [0.1, 0.15) is 24.1 Å². The maximum absolute atomic E-state index is 12.7. The largest absolute Gasteiger partial charge is 0.464 e. The van der Waals surface area contributed by atoms with E-state index in [1.807, 2.05) is 60.7 Å². The first-order valence-electron chi connectivity index (χ1n) is 11.2. The van der Waals surface area contributed by atoms with Gasteiger partial charge in [-0.25, -0.2) is 9.59 Å². The molecule has 0 bridgehead atoms. The average Bonchev–Trinajstić information content (AvgIpc) is 2.81. The fraction of sp³-hybridized carbons (Fsp3) is 0.400. The number of ketones is 1. The van der Waals surface area contributed by atoms with Gasteiger partial charge in [0.2, 0.25) is 5.78 Å². The number of esters is 1. The van der Waals surface area contributed by atoms with Gasteiger partial charge in [-0.05, 0) is 17.2 Å². The topological polar surface area (TPSA) is 108 Å². The Hall–Kier alpha value is -3.18. The Labute approximate surface area is 210 Å². The lowest BCUT2D eigenvalue weighted by Crippen LogP contribution is -2.49. The van der Waals surface area contributed by atoms with E-state index in [9.17, 15) is 27.6 Å². The fourth-order valence-corrected chi connectivity index (χ4v) is 3.32. The molecule has 2 aromatic rings. The summed E-state index contributed by atoms with van der Waals surface area (Å²) < 4.78 is 43.2. The number of halogens is 3. The van der Waals surface area contributed by atoms with Gasteiger partial charge in [-0.15, -0.1) is 0 Å². The summed E-state index contributed by atoms with van der Waals surface area (Å²) >= 11 is 0. The summed E-state index contributed by atoms with van der Waals surface area (Å²) in [5.74, 6) is -2.32. The smallest absolute Gasteiger partial charge is 0.449 e. The summed E-state index contributed by atoms with van der Waals surface area (Å²) in [5.41, 5.74) is 7.87. The second-order valence-electron chi connectivity index (χ2n) is 9.15. The number of alkyl halides is 3. The van der Waals surface area contributed by atoms with Gasteiger partial charge in [0.1, 0.15) is 12.6 Å². The van der Waals surface area contributed by atoms with Gasteiger partial charge < -0.3 is 20.5 Å². The molecule has 0 unspecified atom stereocenters. The summed E-state index contributed by atoms with van der Waals surface area (Å²) in [4.78, 5) is 34.3. The van der Waals surface area contributed by atoms with Crippen LogP contribution in [0.4, 0.5) is 18.0 Å². The van der Waals surface area contributed by atoms with Crippen LogP contribution in [0.3, 0.4) is 0 Å². The van der Waals surface area contributed by atoms with E-state index < -0.39 is 44.2 Å². The molecule has 0 fully saturated rings. The number of carbonyl (C=O) groups excluding carboxylic acids is 3. The van der Waals surface area contributed by atoms with Crippen molar-refractivity contribution in [2.45, 2.75) is 57.5 Å². The molecule has 0 aromatic heterocycles. The first kappa shape index (κ1) is 30.8. The zero-order valence-corrected chi connectivity index (χ0v) is 21.8. The van der Waals surface area contributed by atoms with Crippen molar-refractivity contribution in [2.24, 2.45) is 5.73 Å². The lowest BCUT2D eigenvalue weighted by molar-refractivity contribution is -0.168. The zero-order valence-electron chi connectivity index (χ0n) is 20.8. The van der Waals surface area contributed by atoms with Crippen LogP contribution in [-0.4, -0.2) is 44.7 Å². The number of carbonyl (C=O) groups is 3. The van der Waals surface area contributed by atoms with E-state index in [0.717, 1.165) is 17.2 Å². The van der Waals surface area contributed by atoms with Gasteiger partial charge in [-0.3, -0.25) is 4.79 Å². The fourth-order valence-electron chi connectivity index (χ4n) is 2.60. The van der Waals surface area contributed by atoms with Gasteiger partial charge in [0, 0.05) is 15.0 Å². The Kier molecular flexibility index (Phi) is 12.3. The standard InChI is InChI=1S/C22H30N2O4Si.C3H3F3O/c1-29(2,3)15-14-27-21(25)20(19(23)18-12-8-5-9-13-18)24-22(26)28-16-17-10-6-4-7-11-17;1-2(7)3(4,5)6/h4-13,19-20H,14-16,23H2,1-3H3,(H,24,26);1H3/t19-,20+;/m1./s1. The van der Waals surface area contributed by atoms with Gasteiger partial charge >= 0.3 is 18.2 Å². The number of hydrogen-bond acceptors (Lipinski definition) is 6. The zero-order chi connectivity index (χ0) is 27.4. The Balaban J connectivity index is 0.000000809. The molecule has 0 aliphatic heterocycles. The van der Waals surface area contributed by atoms with E-state index in [2.05, 4.69) is 25.0 Å². The van der Waals surface area contributed by atoms with Crippen molar-refractivity contribution in [1.29, 1.82) is 0 Å². The molecular formula is C25H33F3N2O5Si. The van der Waals surface area contributed by atoms with Crippen LogP contribution < -0.4 is 11.1 Å². The van der Waals surface area contributed by atoms with Crippen molar-refractivity contribution >= 4 is 25.9 Å². The van der Waals surface area contributed by atoms with Gasteiger partial charge in [0.25, 0.3) is 0 Å². The molecule has 7 nitrogen and oxygen atoms in total. The number of nitrogens with two attached hydrogens (primary N) is 1. The van der Waals surface area contributed by atoms with Crippen molar-refractivity contribution in [2.75, 3.05) is 6.61 Å². The molecule has 2 atom stereocenters. The lowest BCUT2D eigenvalue weighted by Gasteiger charge is -2.24. The highest BCUT2D eigenvalue weighted by molar-refractivity contribution is 6.76. The maximum Gasteiger partial charge on any atom is 0.449 e. The van der Waals surface area contributed by atoms with Crippen molar-refractivity contribution in [1.82, 2.24) is 5.32 Å². The van der Waals surface area contributed by atoms with Gasteiger partial charge in [-0.1, -0.05) is 80.3 Å². The number of nitrogens with one attached hydrogen (secondary N) is 1. The number of benzene rings is 2. The van der Waals surface area contributed by atoms with E-state index in [1.54, 1.807) is 0 Å². The molecule has 0 saturated carbocycles. The van der Waals surface area contributed by atoms with Crippen molar-refractivity contribution < 1.29 is 37.0 Å². The monoisotopic (exact) mass is 526 g/mol. The average molecular weight is 527 g/mol. The Bertz CT molecular complexity index is 967. The molecule has 0 spiro atoms. The van der Waals surface area contributed by atoms with E-state index in [0.29, 0.717) is 13.5 Å². The molecular weight excluding hydrogens is 493 g/mol. The minimum atomic E-state index is -4.64. The van der Waals surface area contributed by atoms with Crippen LogP contribution in [0, 0.1) is 0 Å². The molecule has 0 aliphatic carbocycles. The van der Waals surface area contributed by atoms with Crippen molar-refractivity contribution in [3.8, 4) is 0 Å². The Morgan fingerprint density at radius 2 is 1.44 bits per heavy atom. The molecule has 11 heteroatoms. The highest BCUT2D eigenvalue weighted by Crippen LogP contribution is 2.17. The van der Waals surface area contributed by atoms with Crippen LogP contribution in [0.15, 0.2) is 60.7 Å². The molecule has 2 rings (SSSR count). The number of hydrogen-bond donors (Lipinski definition) is 2. The summed E-state index contributed by atoms with van der Waals surface area (Å²) in [7, 11) is -1.35. The van der Waals surface area contributed by atoms with Gasteiger partial charge in [0.15, 0.2) is 0 Å². The van der Waals surface area contributed by atoms with Gasteiger partial charge in [-0.2, -0.15) is 13.2 Å². The third-order valence-electron chi connectivity index (χ3n) is 4.78. The second kappa shape index (κ2) is 14.4. The van der Waals surface area contributed by atoms with Crippen molar-refractivity contribution in [3.05, 3.63) is 71.8 Å². The third kappa shape index (κ3) is 12.5. The van der Waals surface area contributed by atoms with E-state index in [-0.39, 0.29) is 6.61 Å². The SMILES string of the molecule is CC(=O)C(F)(F)F.C[Si](C)(C)CCOC(=O)[C@@H](NC(=O)OCc1ccccc1)[C@H](N)c1ccccc1. The number of amides is 1. The minimum Gasteiger partial charge on any atom is -0.464 e. The van der Waals surface area contributed by atoms with Gasteiger partial charge in [0.05, 0.1) is 12.6 Å². The van der Waals surface area contributed by atoms with Crippen LogP contribution >= 0.6 is 0 Å². The Morgan fingerprint density at radius 1 is 0.944 bits per heavy atom. The highest BCUT2D eigenvalue weighted by atomic mass is 28.3. The molecule has 3 N–H and O–H groups in total. The number of alkyl carbamates (subject to hydrolysis) is 1. The molecule has 0 aliphatic rings. The summed E-state index contributed by atoms with van der Waals surface area (Å²) in [6, 6.07) is 17.5. The minimum absolute atomic E-state index is 0.102. The van der Waals surface area contributed by atoms with Crippen LogP contribution in [0.25, 0.3) is 0 Å². The highest BCUT2D eigenvalue weighted by Gasteiger charge is 2.34. The van der Waals surface area contributed by atoms with E-state index >= 15 is 0 Å². The first-order valence-corrected chi connectivity index (χ1v) is 14.9. The Morgan fingerprint density at radius 3 is 1.92 bits per heavy atom. The predicted octanol–water partition coefficient (Wildman–Crippen LogP) is 5.00. The van der Waals surface area contributed by atoms with Crippen molar-refractivity contribution in [3.63, 3.8) is 0 Å². The normalized spacial score (nSPS) is 12.9. The molecule has 36 heavy (non-hydrogen) atoms. The maximum atomic E-state index is 12.7. The van der Waals surface area contributed by atoms with E-state index in [1.165, 1.54) is 0 Å². The number of rotatable bonds is 9. The summed E-state index contributed by atoms with van der Waals surface area (Å²) in [6.07, 6.45) is -5.35. The first-order chi connectivity index (χ1) is 16.7. The molecule has 1 amide bonds. The second-order valence-corrected chi connectivity index (χ2v) is 14.8. The summed E-state index contributed by atoms with van der Waals surface area (Å²) in [6.45, 7) is 7.51. The lowest BCUT2D eigenvalue weighted by atomic mass is 10.0. The van der Waals surface area contributed by atoms with Crippen LogP contribution in [-0.2, 0) is 25.7 Å². The predicted molar refractivity (Wildman–Crippen MR) is 133 cm³/mol. The number of ether oxygens (including phenoxy) is 2. The third-order valence-corrected chi connectivity index (χ3v) is 6.48. The molecule has 2 aromatic carbocycles. The molecule has 198 valence electrons. The van der Waals surface area contributed by atoms with Crippen LogP contribution in [0.2, 0.25) is 25.7 Å². The van der Waals surface area contributed by atoms with Crippen LogP contribution in [0.5, 0.6) is 0 Å². The molecule has 0 heterocycles. The summed E-state index contributed by atoms with van der Waals surface area (Å²) in [5, 5.41) is 2.58. The molecule has 0 radical (unpaired) electrons. The number of Topliss-reactive ketones (excluding diaryl/α,β-unsaturated/α-hetero) is 1. The molecule has 0 saturated heterocycles. The van der Waals surface area contributed by atoms with E-state index in [4.69, 9.17) is 15.2 Å².